The number of unbranched alkanes of at least 4 members (excludes halogenated alkanes) is 4. The highest BCUT2D eigenvalue weighted by molar-refractivity contribution is 5.26. The molecule has 0 fully saturated rings. The second-order valence-electron chi connectivity index (χ2n) is 2.26. The maximum atomic E-state index is 8.35. The first-order valence-corrected chi connectivity index (χ1v) is 4.32. The molecule has 0 aromatic heterocycles. The highest BCUT2D eigenvalue weighted by atomic mass is 16.1. The molecule has 0 heterocycles. The fraction of sp³-hybridized carbons (Fsp3) is 0.778. The van der Waals surface area contributed by atoms with Crippen LogP contribution in [0.1, 0.15) is 46.0 Å². The van der Waals surface area contributed by atoms with Crippen molar-refractivity contribution in [2.45, 2.75) is 46.0 Å². The third-order valence-electron chi connectivity index (χ3n) is 1.21. The third-order valence-corrected chi connectivity index (χ3v) is 1.21. The van der Waals surface area contributed by atoms with Crippen molar-refractivity contribution in [1.29, 1.82) is 10.8 Å². The van der Waals surface area contributed by atoms with Crippen molar-refractivity contribution >= 4 is 12.2 Å². The van der Waals surface area contributed by atoms with E-state index >= 15 is 0 Å². The van der Waals surface area contributed by atoms with Gasteiger partial charge in [0.25, 0.3) is 0 Å². The van der Waals surface area contributed by atoms with Crippen molar-refractivity contribution in [2.75, 3.05) is 0 Å². The van der Waals surface area contributed by atoms with E-state index < -0.39 is 0 Å². The van der Waals surface area contributed by atoms with Crippen molar-refractivity contribution in [3.63, 3.8) is 0 Å². The summed E-state index contributed by atoms with van der Waals surface area (Å²) in [5, 5.41) is 10.8. The lowest BCUT2D eigenvalue weighted by Crippen LogP contribution is -1.70. The van der Waals surface area contributed by atoms with Gasteiger partial charge in [0.05, 0.1) is 0 Å². The van der Waals surface area contributed by atoms with Gasteiger partial charge < -0.3 is 0 Å². The zero-order chi connectivity index (χ0) is 10.9. The van der Waals surface area contributed by atoms with E-state index in [1.54, 1.807) is 0 Å². The largest absolute Gasteiger partial charge is 0.231 e. The first kappa shape index (κ1) is 17.7. The normalized spacial score (nSPS) is 6.31. The summed E-state index contributed by atoms with van der Waals surface area (Å²) < 4.78 is 0. The maximum Gasteiger partial charge on any atom is 0.231 e. The second-order valence-corrected chi connectivity index (χ2v) is 2.26. The summed E-state index contributed by atoms with van der Waals surface area (Å²) >= 11 is 0. The van der Waals surface area contributed by atoms with Crippen LogP contribution in [0, 0.1) is 10.8 Å². The lowest BCUT2D eigenvalue weighted by Gasteiger charge is -1.90. The molecule has 0 saturated carbocycles. The molecule has 0 aromatic carbocycles. The minimum absolute atomic E-state index is 0.750. The molecule has 0 spiro atoms. The van der Waals surface area contributed by atoms with Crippen LogP contribution in [0.2, 0.25) is 0 Å². The van der Waals surface area contributed by atoms with Crippen LogP contribution in [-0.2, 0) is 9.59 Å². The highest BCUT2D eigenvalue weighted by Crippen LogP contribution is 2.00. The van der Waals surface area contributed by atoms with E-state index in [1.807, 2.05) is 0 Å². The summed E-state index contributed by atoms with van der Waals surface area (Å²) in [6.45, 7) is 4.49. The van der Waals surface area contributed by atoms with E-state index in [0.717, 1.165) is 12.2 Å². The molecule has 0 aliphatic rings. The van der Waals surface area contributed by atoms with E-state index in [0.29, 0.717) is 0 Å². The van der Waals surface area contributed by atoms with Crippen LogP contribution in [0.15, 0.2) is 0 Å². The average Bonchev–Trinajstić information content (AvgIpc) is 2.08. The van der Waals surface area contributed by atoms with Crippen molar-refractivity contribution in [2.24, 2.45) is 0 Å². The fourth-order valence-corrected chi connectivity index (χ4v) is 0.677. The van der Waals surface area contributed by atoms with Gasteiger partial charge >= 0.3 is 0 Å². The first-order valence-electron chi connectivity index (χ1n) is 4.32. The van der Waals surface area contributed by atoms with E-state index in [9.17, 15) is 0 Å². The second kappa shape index (κ2) is 30.9. The predicted molar refractivity (Wildman–Crippen MR) is 51.3 cm³/mol. The molecular weight excluding hydrogens is 168 g/mol. The molecule has 0 bridgehead atoms. The van der Waals surface area contributed by atoms with Crippen LogP contribution < -0.4 is 0 Å². The van der Waals surface area contributed by atoms with Gasteiger partial charge in [0.2, 0.25) is 12.2 Å². The van der Waals surface area contributed by atoms with Crippen molar-refractivity contribution in [1.82, 2.24) is 0 Å². The Morgan fingerprint density at radius 3 is 1.23 bits per heavy atom. The number of hydrogen-bond donors (Lipinski definition) is 2. The number of nitrogens with one attached hydrogen (secondary N) is 2. The minimum Gasteiger partial charge on any atom is -0.222 e. The molecular formula is C9H18N2O2. The van der Waals surface area contributed by atoms with Crippen LogP contribution in [0.4, 0.5) is 0 Å². The molecule has 0 rings (SSSR count). The Morgan fingerprint density at radius 1 is 0.846 bits per heavy atom. The molecule has 0 unspecified atom stereocenters. The van der Waals surface area contributed by atoms with Gasteiger partial charge in [-0.25, -0.2) is 20.4 Å². The van der Waals surface area contributed by atoms with Gasteiger partial charge in [0.15, 0.2) is 0 Å². The van der Waals surface area contributed by atoms with Gasteiger partial charge in [-0.2, -0.15) is 0 Å². The van der Waals surface area contributed by atoms with Gasteiger partial charge in [0, 0.05) is 0 Å². The van der Waals surface area contributed by atoms with Gasteiger partial charge in [0.1, 0.15) is 0 Å². The van der Waals surface area contributed by atoms with E-state index in [2.05, 4.69) is 13.8 Å². The summed E-state index contributed by atoms with van der Waals surface area (Å²) in [7, 11) is 0. The Kier molecular flexibility index (Phi) is 42.2. The summed E-state index contributed by atoms with van der Waals surface area (Å²) in [5.74, 6) is 0. The Hall–Kier alpha value is -1.24. The van der Waals surface area contributed by atoms with E-state index in [4.69, 9.17) is 20.4 Å². The zero-order valence-electron chi connectivity index (χ0n) is 8.35. The molecule has 76 valence electrons. The smallest absolute Gasteiger partial charge is 0.222 e. The van der Waals surface area contributed by atoms with Gasteiger partial charge in [-0.15, -0.1) is 0 Å². The van der Waals surface area contributed by atoms with Crippen LogP contribution in [0.3, 0.4) is 0 Å². The number of hydrogen-bond acceptors (Lipinski definition) is 4. The summed E-state index contributed by atoms with van der Waals surface area (Å²) in [6, 6.07) is 0. The Morgan fingerprint density at radius 2 is 1.08 bits per heavy atom. The number of rotatable bonds is 4. The molecule has 13 heavy (non-hydrogen) atoms. The molecule has 0 aromatic rings. The maximum absolute atomic E-state index is 8.35. The summed E-state index contributed by atoms with van der Waals surface area (Å²) in [5.41, 5.74) is 0. The molecule has 0 amide bonds. The van der Waals surface area contributed by atoms with Crippen LogP contribution in [0.5, 0.6) is 0 Å². The van der Waals surface area contributed by atoms with Gasteiger partial charge in [-0.05, 0) is 0 Å². The molecule has 0 aliphatic heterocycles. The third kappa shape index (κ3) is 108. The highest BCUT2D eigenvalue weighted by Gasteiger charge is 1.80. The van der Waals surface area contributed by atoms with Crippen molar-refractivity contribution in [3.8, 4) is 0 Å². The van der Waals surface area contributed by atoms with Crippen LogP contribution in [0.25, 0.3) is 0 Å². The van der Waals surface area contributed by atoms with Crippen molar-refractivity contribution in [3.05, 3.63) is 0 Å². The Bertz CT molecular complexity index is 119. The molecule has 0 saturated heterocycles. The Labute approximate surface area is 79.4 Å². The lowest BCUT2D eigenvalue weighted by atomic mass is 10.2. The first-order chi connectivity index (χ1) is 6.24. The van der Waals surface area contributed by atoms with Gasteiger partial charge in [-0.1, -0.05) is 46.0 Å². The SMILES string of the molecule is CCCCCCC.N=C=O.N=C=O. The summed E-state index contributed by atoms with van der Waals surface area (Å²) in [4.78, 5) is 16.7. The predicted octanol–water partition coefficient (Wildman–Crippen LogP) is 2.78. The molecule has 4 heteroatoms. The monoisotopic (exact) mass is 186 g/mol. The standard InChI is InChI=1S/C7H16.2CHNO/c1-3-5-7-6-4-2;2*2-1-3/h3-7H2,1-2H3;2*2H. The van der Waals surface area contributed by atoms with E-state index in [1.165, 1.54) is 32.1 Å². The zero-order valence-corrected chi connectivity index (χ0v) is 8.35. The molecule has 2 N–H and O–H groups in total. The molecule has 0 radical (unpaired) electrons. The Balaban J connectivity index is -0.000000140. The summed E-state index contributed by atoms with van der Waals surface area (Å²) in [6.07, 6.45) is 8.51. The topological polar surface area (TPSA) is 81.8 Å². The number of isocyanates is 2. The molecule has 0 aliphatic carbocycles. The van der Waals surface area contributed by atoms with Crippen molar-refractivity contribution < 1.29 is 9.59 Å². The quantitative estimate of drug-likeness (QED) is 0.402. The van der Waals surface area contributed by atoms with Crippen LogP contribution in [-0.4, -0.2) is 12.2 Å². The molecule has 0 atom stereocenters. The van der Waals surface area contributed by atoms with E-state index in [-0.39, 0.29) is 0 Å². The minimum atomic E-state index is 0.750. The van der Waals surface area contributed by atoms with Crippen LogP contribution >= 0.6 is 0 Å². The lowest BCUT2D eigenvalue weighted by molar-refractivity contribution is 0.562. The van der Waals surface area contributed by atoms with Gasteiger partial charge in [-0.3, -0.25) is 0 Å². The number of carbonyl (C=O) groups excluding carboxylic acids is 2. The fourth-order valence-electron chi connectivity index (χ4n) is 0.677. The molecule has 4 nitrogen and oxygen atoms in total. The average molecular weight is 186 g/mol.